The number of thioether (sulfide) groups is 1. The molecule has 1 fully saturated rings. The monoisotopic (exact) mass is 457 g/mol. The minimum atomic E-state index is -0.301. The summed E-state index contributed by atoms with van der Waals surface area (Å²) < 4.78 is 15.8. The largest absolute Gasteiger partial charge is 0.317 e. The number of aryl methyl sites for hydroxylation is 1. The number of rotatable bonds is 6. The molecule has 0 bridgehead atoms. The lowest BCUT2D eigenvalue weighted by molar-refractivity contribution is 0.407. The summed E-state index contributed by atoms with van der Waals surface area (Å²) in [5.74, 6) is 1.50. The van der Waals surface area contributed by atoms with Gasteiger partial charge in [0.2, 0.25) is 0 Å². The highest BCUT2D eigenvalue weighted by molar-refractivity contribution is 7.99. The number of halogens is 2. The molecule has 1 aliphatic rings. The molecule has 0 aliphatic carbocycles. The molecule has 1 N–H and O–H groups in total. The standard InChI is InChI=1S/C25H29ClFN3S/c1-17-14-19(4-9-22(17)26)25(2,3)23-15-29-24(31-16-18-10-12-28-13-11-18)30(23)21-7-5-20(27)6-8-21/h4-9,14-15,18,28H,10-13,16H2,1-3H3. The Morgan fingerprint density at radius 3 is 2.55 bits per heavy atom. The van der Waals surface area contributed by atoms with E-state index in [2.05, 4.69) is 35.9 Å². The predicted octanol–water partition coefficient (Wildman–Crippen LogP) is 6.39. The van der Waals surface area contributed by atoms with Gasteiger partial charge in [-0.1, -0.05) is 49.3 Å². The van der Waals surface area contributed by atoms with Crippen LogP contribution in [-0.2, 0) is 5.41 Å². The van der Waals surface area contributed by atoms with Crippen molar-refractivity contribution in [3.05, 3.63) is 76.3 Å². The van der Waals surface area contributed by atoms with E-state index in [0.29, 0.717) is 5.92 Å². The molecule has 1 aromatic heterocycles. The molecule has 1 saturated heterocycles. The molecular formula is C25H29ClFN3S. The van der Waals surface area contributed by atoms with Crippen LogP contribution in [-0.4, -0.2) is 28.4 Å². The molecule has 31 heavy (non-hydrogen) atoms. The summed E-state index contributed by atoms with van der Waals surface area (Å²) in [5.41, 5.74) is 3.94. The zero-order valence-corrected chi connectivity index (χ0v) is 19.9. The Balaban J connectivity index is 1.73. The molecule has 0 atom stereocenters. The number of imidazole rings is 1. The summed E-state index contributed by atoms with van der Waals surface area (Å²) in [5, 5.41) is 5.16. The van der Waals surface area contributed by atoms with E-state index >= 15 is 0 Å². The van der Waals surface area contributed by atoms with Crippen molar-refractivity contribution in [1.29, 1.82) is 0 Å². The minimum Gasteiger partial charge on any atom is -0.317 e. The van der Waals surface area contributed by atoms with E-state index in [-0.39, 0.29) is 11.2 Å². The van der Waals surface area contributed by atoms with Gasteiger partial charge in [0.05, 0.1) is 11.9 Å². The molecule has 2 heterocycles. The van der Waals surface area contributed by atoms with Crippen LogP contribution in [0.2, 0.25) is 5.02 Å². The summed E-state index contributed by atoms with van der Waals surface area (Å²) in [4.78, 5) is 4.82. The molecule has 6 heteroatoms. The SMILES string of the molecule is Cc1cc(C(C)(C)c2cnc(SCC3CCNCC3)n2-c2ccc(F)cc2)ccc1Cl. The molecule has 0 saturated carbocycles. The van der Waals surface area contributed by atoms with E-state index in [0.717, 1.165) is 46.0 Å². The molecule has 164 valence electrons. The van der Waals surface area contributed by atoms with Crippen LogP contribution in [0, 0.1) is 18.7 Å². The highest BCUT2D eigenvalue weighted by Crippen LogP contribution is 2.37. The fraction of sp³-hybridized carbons (Fsp3) is 0.400. The van der Waals surface area contributed by atoms with Crippen LogP contribution in [0.15, 0.2) is 53.8 Å². The van der Waals surface area contributed by atoms with Crippen LogP contribution in [0.3, 0.4) is 0 Å². The summed E-state index contributed by atoms with van der Waals surface area (Å²) in [6.45, 7) is 8.61. The van der Waals surface area contributed by atoms with Crippen molar-refractivity contribution in [2.75, 3.05) is 18.8 Å². The second kappa shape index (κ2) is 9.35. The van der Waals surface area contributed by atoms with E-state index < -0.39 is 0 Å². The van der Waals surface area contributed by atoms with Crippen LogP contribution in [0.1, 0.15) is 43.5 Å². The Kier molecular flexibility index (Phi) is 6.75. The molecule has 0 radical (unpaired) electrons. The van der Waals surface area contributed by atoms with Crippen LogP contribution >= 0.6 is 23.4 Å². The molecule has 3 nitrogen and oxygen atoms in total. The number of hydrogen-bond acceptors (Lipinski definition) is 3. The highest BCUT2D eigenvalue weighted by atomic mass is 35.5. The zero-order valence-electron chi connectivity index (χ0n) is 18.3. The topological polar surface area (TPSA) is 29.9 Å². The van der Waals surface area contributed by atoms with E-state index in [1.54, 1.807) is 11.8 Å². The van der Waals surface area contributed by atoms with Crippen molar-refractivity contribution in [3.63, 3.8) is 0 Å². The van der Waals surface area contributed by atoms with Crippen LogP contribution in [0.4, 0.5) is 4.39 Å². The van der Waals surface area contributed by atoms with Crippen molar-refractivity contribution in [3.8, 4) is 5.69 Å². The molecular weight excluding hydrogens is 429 g/mol. The summed E-state index contributed by atoms with van der Waals surface area (Å²) in [7, 11) is 0. The molecule has 3 aromatic rings. The van der Waals surface area contributed by atoms with E-state index in [1.807, 2.05) is 31.3 Å². The first-order chi connectivity index (χ1) is 14.9. The van der Waals surface area contributed by atoms with Crippen molar-refractivity contribution < 1.29 is 4.39 Å². The molecule has 0 amide bonds. The first kappa shape index (κ1) is 22.4. The number of piperidine rings is 1. The van der Waals surface area contributed by atoms with Gasteiger partial charge in [0.1, 0.15) is 5.82 Å². The summed E-state index contributed by atoms with van der Waals surface area (Å²) >= 11 is 8.08. The Bertz CT molecular complexity index is 1040. The van der Waals surface area contributed by atoms with Gasteiger partial charge in [0.15, 0.2) is 5.16 Å². The molecule has 0 unspecified atom stereocenters. The van der Waals surface area contributed by atoms with Gasteiger partial charge in [-0.25, -0.2) is 9.37 Å². The lowest BCUT2D eigenvalue weighted by atomic mass is 9.81. The van der Waals surface area contributed by atoms with Gasteiger partial charge in [-0.15, -0.1) is 0 Å². The van der Waals surface area contributed by atoms with E-state index in [9.17, 15) is 4.39 Å². The number of hydrogen-bond donors (Lipinski definition) is 1. The van der Waals surface area contributed by atoms with Crippen molar-refractivity contribution in [2.45, 2.75) is 44.2 Å². The Hall–Kier alpha value is -1.82. The zero-order chi connectivity index (χ0) is 22.0. The fourth-order valence-electron chi connectivity index (χ4n) is 4.14. The Labute approximate surface area is 193 Å². The third-order valence-corrected chi connectivity index (χ3v) is 7.85. The Morgan fingerprint density at radius 2 is 1.87 bits per heavy atom. The third-order valence-electron chi connectivity index (χ3n) is 6.24. The maximum absolute atomic E-state index is 13.7. The second-order valence-corrected chi connectivity index (χ2v) is 10.2. The number of nitrogens with zero attached hydrogens (tertiary/aromatic N) is 2. The van der Waals surface area contributed by atoms with Gasteiger partial charge >= 0.3 is 0 Å². The summed E-state index contributed by atoms with van der Waals surface area (Å²) in [6, 6.07) is 12.9. The first-order valence-electron chi connectivity index (χ1n) is 10.8. The third kappa shape index (κ3) is 4.84. The van der Waals surface area contributed by atoms with Crippen molar-refractivity contribution >= 4 is 23.4 Å². The van der Waals surface area contributed by atoms with Gasteiger partial charge in [-0.2, -0.15) is 0 Å². The maximum atomic E-state index is 13.7. The maximum Gasteiger partial charge on any atom is 0.172 e. The van der Waals surface area contributed by atoms with Crippen LogP contribution < -0.4 is 5.32 Å². The number of benzene rings is 2. The van der Waals surface area contributed by atoms with Crippen molar-refractivity contribution in [2.24, 2.45) is 5.92 Å². The highest BCUT2D eigenvalue weighted by Gasteiger charge is 2.30. The van der Waals surface area contributed by atoms with E-state index in [1.165, 1.54) is 30.5 Å². The van der Waals surface area contributed by atoms with Gasteiger partial charge in [-0.05, 0) is 80.2 Å². The van der Waals surface area contributed by atoms with E-state index in [4.69, 9.17) is 16.6 Å². The predicted molar refractivity (Wildman–Crippen MR) is 128 cm³/mol. The van der Waals surface area contributed by atoms with Gasteiger partial charge < -0.3 is 5.32 Å². The van der Waals surface area contributed by atoms with Gasteiger partial charge in [0, 0.05) is 21.9 Å². The molecule has 0 spiro atoms. The fourth-order valence-corrected chi connectivity index (χ4v) is 5.44. The van der Waals surface area contributed by atoms with Gasteiger partial charge in [0.25, 0.3) is 0 Å². The van der Waals surface area contributed by atoms with Crippen molar-refractivity contribution in [1.82, 2.24) is 14.9 Å². The summed E-state index contributed by atoms with van der Waals surface area (Å²) in [6.07, 6.45) is 4.37. The second-order valence-electron chi connectivity index (χ2n) is 8.83. The van der Waals surface area contributed by atoms with Crippen LogP contribution in [0.5, 0.6) is 0 Å². The van der Waals surface area contributed by atoms with Crippen LogP contribution in [0.25, 0.3) is 5.69 Å². The van der Waals surface area contributed by atoms with Gasteiger partial charge in [-0.3, -0.25) is 4.57 Å². The lowest BCUT2D eigenvalue weighted by Crippen LogP contribution is -2.28. The molecule has 1 aliphatic heterocycles. The smallest absolute Gasteiger partial charge is 0.172 e. The molecule has 4 rings (SSSR count). The number of aromatic nitrogens is 2. The average molecular weight is 458 g/mol. The lowest BCUT2D eigenvalue weighted by Gasteiger charge is -2.28. The average Bonchev–Trinajstić information content (AvgIpc) is 3.20. The normalized spacial score (nSPS) is 15.4. The molecule has 2 aromatic carbocycles. The minimum absolute atomic E-state index is 0.234. The first-order valence-corrected chi connectivity index (χ1v) is 12.2. The number of nitrogens with one attached hydrogen (secondary N) is 1. The Morgan fingerprint density at radius 1 is 1.16 bits per heavy atom. The quantitative estimate of drug-likeness (QED) is 0.435.